The fourth-order valence-corrected chi connectivity index (χ4v) is 11.5. The van der Waals surface area contributed by atoms with Crippen LogP contribution in [-0.2, 0) is 4.74 Å². The Balaban J connectivity index is 3.00. The zero-order valence-corrected chi connectivity index (χ0v) is 17.7. The first kappa shape index (κ1) is 18.2. The lowest BCUT2D eigenvalue weighted by Crippen LogP contribution is -2.74. The number of ether oxygens (including phenoxy) is 1. The first-order chi connectivity index (χ1) is 8.68. The first-order valence-corrected chi connectivity index (χ1v) is 15.3. The number of rotatable bonds is 3. The van der Waals surface area contributed by atoms with Crippen molar-refractivity contribution in [2.45, 2.75) is 83.3 Å². The molecule has 1 rings (SSSR count). The van der Waals surface area contributed by atoms with Gasteiger partial charge in [0.25, 0.3) is 5.17 Å². The Bertz CT molecular complexity index is 379. The number of hydrogen-bond acceptors (Lipinski definition) is 2. The minimum Gasteiger partial charge on any atom is -0.465 e. The van der Waals surface area contributed by atoms with Crippen molar-refractivity contribution in [1.82, 2.24) is 4.90 Å². The molecule has 0 aromatic carbocycles. The summed E-state index contributed by atoms with van der Waals surface area (Å²) in [6, 6.07) is 1.34. The van der Waals surface area contributed by atoms with Gasteiger partial charge in [-0.2, -0.15) is 0 Å². The van der Waals surface area contributed by atoms with Gasteiger partial charge < -0.3 is 9.64 Å². The van der Waals surface area contributed by atoms with Gasteiger partial charge in [0.1, 0.15) is 5.60 Å². The van der Waals surface area contributed by atoms with E-state index >= 15 is 0 Å². The van der Waals surface area contributed by atoms with Crippen LogP contribution in [0, 0.1) is 0 Å². The summed E-state index contributed by atoms with van der Waals surface area (Å²) in [5, 5.41) is 1.05. The highest BCUT2D eigenvalue weighted by atomic mass is 32.1. The van der Waals surface area contributed by atoms with E-state index in [1.54, 1.807) is 0 Å². The molecule has 2 nitrogen and oxygen atoms in total. The van der Waals surface area contributed by atoms with Crippen LogP contribution in [0.3, 0.4) is 0 Å². The Hall–Kier alpha value is 0.124. The molecular formula is C15H33NOSSi2. The van der Waals surface area contributed by atoms with Crippen LogP contribution in [0.2, 0.25) is 45.3 Å². The normalized spacial score (nSPS) is 24.4. The number of hydrogen-bond donors (Lipinski definition) is 0. The zero-order chi connectivity index (χ0) is 16.0. The van der Waals surface area contributed by atoms with E-state index in [1.807, 2.05) is 0 Å². The van der Waals surface area contributed by atoms with E-state index in [0.717, 1.165) is 11.7 Å². The highest BCUT2D eigenvalue weighted by Crippen LogP contribution is 2.45. The predicted octanol–water partition coefficient (Wildman–Crippen LogP) is 4.75. The maximum Gasteiger partial charge on any atom is 0.260 e. The van der Waals surface area contributed by atoms with E-state index in [4.69, 9.17) is 17.0 Å². The second kappa shape index (κ2) is 5.39. The van der Waals surface area contributed by atoms with Crippen LogP contribution >= 0.6 is 12.2 Å². The molecule has 0 bridgehead atoms. The minimum absolute atomic E-state index is 0.197. The Morgan fingerprint density at radius 1 is 1.15 bits per heavy atom. The average Bonchev–Trinajstić information content (AvgIpc) is 2.04. The SMILES string of the molecule is CC(C)(C)OC(=S)N1CCC1(C[Si](C)(C)C)[Si](C)(C)C. The molecule has 1 heterocycles. The van der Waals surface area contributed by atoms with E-state index in [2.05, 4.69) is 65.0 Å². The fourth-order valence-electron chi connectivity index (χ4n) is 3.18. The topological polar surface area (TPSA) is 12.5 Å². The molecule has 0 aliphatic carbocycles. The molecule has 1 atom stereocenters. The Labute approximate surface area is 133 Å². The van der Waals surface area contributed by atoms with Gasteiger partial charge in [-0.15, -0.1) is 0 Å². The van der Waals surface area contributed by atoms with Crippen LogP contribution in [0.5, 0.6) is 0 Å². The molecular weight excluding hydrogens is 298 g/mol. The highest BCUT2D eigenvalue weighted by molar-refractivity contribution is 7.80. The van der Waals surface area contributed by atoms with Crippen molar-refractivity contribution >= 4 is 33.5 Å². The molecule has 0 spiro atoms. The third-order valence-corrected chi connectivity index (χ3v) is 9.89. The summed E-state index contributed by atoms with van der Waals surface area (Å²) in [5.74, 6) is 0. The number of likely N-dealkylation sites (tertiary alicyclic amines) is 1. The molecule has 20 heavy (non-hydrogen) atoms. The van der Waals surface area contributed by atoms with Crippen LogP contribution in [0.4, 0.5) is 0 Å². The number of thiocarbonyl (C=S) groups is 1. The van der Waals surface area contributed by atoms with Gasteiger partial charge in [0.2, 0.25) is 0 Å². The van der Waals surface area contributed by atoms with Crippen molar-refractivity contribution in [2.75, 3.05) is 6.54 Å². The molecule has 5 heteroatoms. The number of nitrogens with zero attached hydrogens (tertiary/aromatic N) is 1. The smallest absolute Gasteiger partial charge is 0.260 e. The van der Waals surface area contributed by atoms with E-state index in [-0.39, 0.29) is 5.60 Å². The summed E-state index contributed by atoms with van der Waals surface area (Å²) >= 11 is 5.62. The molecule has 0 amide bonds. The van der Waals surface area contributed by atoms with Gasteiger partial charge in [-0.05, 0) is 45.5 Å². The van der Waals surface area contributed by atoms with Crippen LogP contribution < -0.4 is 0 Å². The molecule has 118 valence electrons. The summed E-state index contributed by atoms with van der Waals surface area (Å²) in [5.41, 5.74) is -0.197. The highest BCUT2D eigenvalue weighted by Gasteiger charge is 2.56. The zero-order valence-electron chi connectivity index (χ0n) is 14.9. The van der Waals surface area contributed by atoms with E-state index < -0.39 is 16.1 Å². The third kappa shape index (κ3) is 4.07. The molecule has 1 saturated heterocycles. The largest absolute Gasteiger partial charge is 0.465 e. The van der Waals surface area contributed by atoms with Gasteiger partial charge in [0, 0.05) is 19.8 Å². The minimum atomic E-state index is -1.34. The van der Waals surface area contributed by atoms with Crippen molar-refractivity contribution in [1.29, 1.82) is 0 Å². The maximum absolute atomic E-state index is 6.00. The molecule has 0 aromatic heterocycles. The van der Waals surface area contributed by atoms with Crippen LogP contribution in [0.1, 0.15) is 27.2 Å². The molecule has 0 aromatic rings. The second-order valence-corrected chi connectivity index (χ2v) is 20.7. The van der Waals surface area contributed by atoms with Gasteiger partial charge in [0.05, 0.1) is 8.07 Å². The lowest BCUT2D eigenvalue weighted by Gasteiger charge is -2.62. The van der Waals surface area contributed by atoms with Crippen molar-refractivity contribution in [3.05, 3.63) is 0 Å². The fraction of sp³-hybridized carbons (Fsp3) is 0.933. The molecule has 1 aliphatic heterocycles. The van der Waals surface area contributed by atoms with Gasteiger partial charge in [-0.25, -0.2) is 0 Å². The molecule has 0 saturated carbocycles. The van der Waals surface area contributed by atoms with Crippen molar-refractivity contribution in [3.63, 3.8) is 0 Å². The molecule has 0 radical (unpaired) electrons. The monoisotopic (exact) mass is 331 g/mol. The van der Waals surface area contributed by atoms with E-state index in [1.165, 1.54) is 12.5 Å². The summed E-state index contributed by atoms with van der Waals surface area (Å²) in [6.45, 7) is 22.2. The lowest BCUT2D eigenvalue weighted by atomic mass is 10.1. The van der Waals surface area contributed by atoms with Crippen LogP contribution in [0.15, 0.2) is 0 Å². The van der Waals surface area contributed by atoms with Crippen molar-refractivity contribution in [2.24, 2.45) is 0 Å². The maximum atomic E-state index is 6.00. The molecule has 0 N–H and O–H groups in total. The quantitative estimate of drug-likeness (QED) is 0.547. The van der Waals surface area contributed by atoms with Gasteiger partial charge in [0.15, 0.2) is 0 Å². The van der Waals surface area contributed by atoms with E-state index in [9.17, 15) is 0 Å². The van der Waals surface area contributed by atoms with Crippen molar-refractivity contribution < 1.29 is 4.74 Å². The Kier molecular flexibility index (Phi) is 4.90. The van der Waals surface area contributed by atoms with Crippen LogP contribution in [-0.4, -0.2) is 43.5 Å². The standard InChI is InChI=1S/C15H33NOSSi2/c1-14(2,3)17-13(18)16-11-10-15(16,20(7,8)9)12-19(4,5)6/h10-12H2,1-9H3. The molecule has 1 aliphatic rings. The first-order valence-electron chi connectivity index (χ1n) is 7.69. The van der Waals surface area contributed by atoms with Gasteiger partial charge in [-0.1, -0.05) is 39.3 Å². The van der Waals surface area contributed by atoms with Crippen molar-refractivity contribution in [3.8, 4) is 0 Å². The summed E-state index contributed by atoms with van der Waals surface area (Å²) < 4.78 is 6.00. The van der Waals surface area contributed by atoms with E-state index in [0.29, 0.717) is 5.16 Å². The second-order valence-electron chi connectivity index (χ2n) is 9.40. The summed E-state index contributed by atoms with van der Waals surface area (Å²) in [7, 11) is -2.48. The predicted molar refractivity (Wildman–Crippen MR) is 99.0 cm³/mol. The third-order valence-electron chi connectivity index (χ3n) is 4.10. The summed E-state index contributed by atoms with van der Waals surface area (Å²) in [6.07, 6.45) is 1.29. The Morgan fingerprint density at radius 3 is 1.90 bits per heavy atom. The average molecular weight is 332 g/mol. The summed E-state index contributed by atoms with van der Waals surface area (Å²) in [4.78, 5) is 2.43. The molecule has 1 fully saturated rings. The lowest BCUT2D eigenvalue weighted by molar-refractivity contribution is 0.0475. The molecule has 1 unspecified atom stereocenters. The Morgan fingerprint density at radius 2 is 1.65 bits per heavy atom. The van der Waals surface area contributed by atoms with Gasteiger partial charge in [-0.3, -0.25) is 0 Å². The van der Waals surface area contributed by atoms with Gasteiger partial charge >= 0.3 is 0 Å². The van der Waals surface area contributed by atoms with Crippen LogP contribution in [0.25, 0.3) is 0 Å².